The molecule has 0 unspecified atom stereocenters. The van der Waals surface area contributed by atoms with Crippen LogP contribution in [0.5, 0.6) is 0 Å². The second-order valence-corrected chi connectivity index (χ2v) is 7.45. The number of aryl methyl sites for hydroxylation is 1. The number of pyridine rings is 1. The Morgan fingerprint density at radius 3 is 2.93 bits per heavy atom. The highest BCUT2D eigenvalue weighted by atomic mass is 32.2. The van der Waals surface area contributed by atoms with E-state index in [1.807, 2.05) is 55.5 Å². The predicted molar refractivity (Wildman–Crippen MR) is 109 cm³/mol. The summed E-state index contributed by atoms with van der Waals surface area (Å²) in [6, 6.07) is 15.5. The molecule has 0 bridgehead atoms. The monoisotopic (exact) mass is 377 g/mol. The molecule has 0 aliphatic carbocycles. The van der Waals surface area contributed by atoms with Gasteiger partial charge in [-0.25, -0.2) is 0 Å². The molecule has 5 nitrogen and oxygen atoms in total. The lowest BCUT2D eigenvalue weighted by Gasteiger charge is -2.28. The standard InChI is InChI=1S/C21H19N3O2S/c1-14-8-9-16(15-5-4-11-22-21(14)15)23-19(25)10-12-24-17-6-2-3-7-18(17)27-13-20(24)26/h2-9,11H,10,12-13H2,1H3,(H,23,25). The summed E-state index contributed by atoms with van der Waals surface area (Å²) in [5.41, 5.74) is 3.58. The van der Waals surface area contributed by atoms with E-state index in [9.17, 15) is 9.59 Å². The Balaban J connectivity index is 1.48. The Bertz CT molecular complexity index is 1030. The third-order valence-electron chi connectivity index (χ3n) is 4.62. The number of aromatic nitrogens is 1. The Morgan fingerprint density at radius 1 is 1.19 bits per heavy atom. The van der Waals surface area contributed by atoms with Crippen molar-refractivity contribution in [2.75, 3.05) is 22.5 Å². The fourth-order valence-corrected chi connectivity index (χ4v) is 4.18. The van der Waals surface area contributed by atoms with Crippen LogP contribution >= 0.6 is 11.8 Å². The van der Waals surface area contributed by atoms with Gasteiger partial charge in [-0.15, -0.1) is 11.8 Å². The minimum absolute atomic E-state index is 0.0384. The molecule has 1 aliphatic heterocycles. The summed E-state index contributed by atoms with van der Waals surface area (Å²) in [7, 11) is 0. The molecule has 1 N–H and O–H groups in total. The molecule has 1 aliphatic rings. The molecule has 2 amide bonds. The van der Waals surface area contributed by atoms with Crippen LogP contribution < -0.4 is 10.2 Å². The largest absolute Gasteiger partial charge is 0.325 e. The number of nitrogens with one attached hydrogen (secondary N) is 1. The quantitative estimate of drug-likeness (QED) is 0.746. The molecule has 0 atom stereocenters. The second-order valence-electron chi connectivity index (χ2n) is 6.43. The predicted octanol–water partition coefficient (Wildman–Crippen LogP) is 4.01. The van der Waals surface area contributed by atoms with E-state index in [2.05, 4.69) is 10.3 Å². The summed E-state index contributed by atoms with van der Waals surface area (Å²) < 4.78 is 0. The van der Waals surface area contributed by atoms with Gasteiger partial charge >= 0.3 is 0 Å². The van der Waals surface area contributed by atoms with Gasteiger partial charge in [-0.2, -0.15) is 0 Å². The van der Waals surface area contributed by atoms with Crippen molar-refractivity contribution in [2.24, 2.45) is 0 Å². The van der Waals surface area contributed by atoms with Crippen molar-refractivity contribution in [3.63, 3.8) is 0 Å². The van der Waals surface area contributed by atoms with Crippen molar-refractivity contribution in [3.8, 4) is 0 Å². The molecule has 0 fully saturated rings. The molecule has 0 spiro atoms. The summed E-state index contributed by atoms with van der Waals surface area (Å²) >= 11 is 1.54. The van der Waals surface area contributed by atoms with Crippen molar-refractivity contribution in [2.45, 2.75) is 18.2 Å². The van der Waals surface area contributed by atoms with Crippen LogP contribution in [0, 0.1) is 6.92 Å². The fraction of sp³-hybridized carbons (Fsp3) is 0.190. The number of nitrogens with zero attached hydrogens (tertiary/aromatic N) is 2. The van der Waals surface area contributed by atoms with Crippen LogP contribution in [-0.2, 0) is 9.59 Å². The summed E-state index contributed by atoms with van der Waals surface area (Å²) in [4.78, 5) is 32.0. The lowest BCUT2D eigenvalue weighted by Crippen LogP contribution is -2.37. The fourth-order valence-electron chi connectivity index (χ4n) is 3.25. The van der Waals surface area contributed by atoms with Gasteiger partial charge in [-0.05, 0) is 42.8 Å². The Morgan fingerprint density at radius 2 is 2.04 bits per heavy atom. The maximum absolute atomic E-state index is 12.5. The number of benzene rings is 2. The highest BCUT2D eigenvalue weighted by Gasteiger charge is 2.24. The first-order valence-electron chi connectivity index (χ1n) is 8.80. The second kappa shape index (κ2) is 7.40. The van der Waals surface area contributed by atoms with Gasteiger partial charge in [0.1, 0.15) is 0 Å². The third-order valence-corrected chi connectivity index (χ3v) is 5.66. The number of carbonyl (C=O) groups is 2. The van der Waals surface area contributed by atoms with E-state index in [0.29, 0.717) is 12.3 Å². The topological polar surface area (TPSA) is 62.3 Å². The zero-order valence-corrected chi connectivity index (χ0v) is 15.8. The first-order chi connectivity index (χ1) is 13.1. The van der Waals surface area contributed by atoms with Gasteiger partial charge in [0.25, 0.3) is 0 Å². The summed E-state index contributed by atoms with van der Waals surface area (Å²) in [6.07, 6.45) is 1.98. The smallest absolute Gasteiger partial charge is 0.237 e. The molecular weight excluding hydrogens is 358 g/mol. The third kappa shape index (κ3) is 3.53. The molecule has 4 rings (SSSR count). The molecule has 136 valence electrons. The zero-order valence-electron chi connectivity index (χ0n) is 14.9. The van der Waals surface area contributed by atoms with E-state index in [1.165, 1.54) is 0 Å². The first-order valence-corrected chi connectivity index (χ1v) is 9.78. The summed E-state index contributed by atoms with van der Waals surface area (Å²) in [6.45, 7) is 2.36. The van der Waals surface area contributed by atoms with Crippen LogP contribution in [0.3, 0.4) is 0 Å². The van der Waals surface area contributed by atoms with Crippen molar-refractivity contribution < 1.29 is 9.59 Å². The van der Waals surface area contributed by atoms with Gasteiger partial charge in [0.2, 0.25) is 11.8 Å². The number of anilines is 2. The number of fused-ring (bicyclic) bond motifs is 2. The summed E-state index contributed by atoms with van der Waals surface area (Å²) in [5.74, 6) is 0.330. The van der Waals surface area contributed by atoms with Crippen molar-refractivity contribution in [3.05, 3.63) is 60.3 Å². The maximum atomic E-state index is 12.5. The number of amides is 2. The normalized spacial score (nSPS) is 13.5. The summed E-state index contributed by atoms with van der Waals surface area (Å²) in [5, 5.41) is 3.89. The average Bonchev–Trinajstić information content (AvgIpc) is 2.69. The van der Waals surface area contributed by atoms with Gasteiger partial charge in [-0.3, -0.25) is 14.6 Å². The molecule has 1 aromatic heterocycles. The first kappa shape index (κ1) is 17.5. The van der Waals surface area contributed by atoms with E-state index in [1.54, 1.807) is 22.9 Å². The van der Waals surface area contributed by atoms with Crippen LogP contribution in [0.2, 0.25) is 0 Å². The van der Waals surface area contributed by atoms with Crippen LogP contribution in [-0.4, -0.2) is 29.1 Å². The number of hydrogen-bond acceptors (Lipinski definition) is 4. The molecule has 0 radical (unpaired) electrons. The highest BCUT2D eigenvalue weighted by Crippen LogP contribution is 2.35. The Hall–Kier alpha value is -2.86. The van der Waals surface area contributed by atoms with Crippen LogP contribution in [0.15, 0.2) is 59.6 Å². The molecule has 27 heavy (non-hydrogen) atoms. The minimum Gasteiger partial charge on any atom is -0.325 e. The van der Waals surface area contributed by atoms with E-state index >= 15 is 0 Å². The Kier molecular flexibility index (Phi) is 4.81. The number of thioether (sulfide) groups is 1. The van der Waals surface area contributed by atoms with Gasteiger partial charge in [0.05, 0.1) is 22.6 Å². The lowest BCUT2D eigenvalue weighted by atomic mass is 10.1. The molecule has 3 aromatic rings. The van der Waals surface area contributed by atoms with Gasteiger partial charge in [0, 0.05) is 29.4 Å². The number of carbonyl (C=O) groups excluding carboxylic acids is 2. The molecule has 0 saturated carbocycles. The van der Waals surface area contributed by atoms with Crippen LogP contribution in [0.25, 0.3) is 10.9 Å². The van der Waals surface area contributed by atoms with Crippen molar-refractivity contribution >= 4 is 45.9 Å². The van der Waals surface area contributed by atoms with Gasteiger partial charge in [-0.1, -0.05) is 18.2 Å². The number of para-hydroxylation sites is 1. The van der Waals surface area contributed by atoms with E-state index in [4.69, 9.17) is 0 Å². The SMILES string of the molecule is Cc1ccc(NC(=O)CCN2C(=O)CSc3ccccc32)c2cccnc12. The highest BCUT2D eigenvalue weighted by molar-refractivity contribution is 8.00. The van der Waals surface area contributed by atoms with Crippen molar-refractivity contribution in [1.82, 2.24) is 4.98 Å². The molecule has 2 heterocycles. The average molecular weight is 377 g/mol. The van der Waals surface area contributed by atoms with E-state index in [-0.39, 0.29) is 18.2 Å². The maximum Gasteiger partial charge on any atom is 0.237 e. The van der Waals surface area contributed by atoms with Crippen molar-refractivity contribution in [1.29, 1.82) is 0 Å². The van der Waals surface area contributed by atoms with Crippen LogP contribution in [0.4, 0.5) is 11.4 Å². The van der Waals surface area contributed by atoms with Gasteiger partial charge in [0.15, 0.2) is 0 Å². The molecular formula is C21H19N3O2S. The lowest BCUT2D eigenvalue weighted by molar-refractivity contribution is -0.117. The zero-order chi connectivity index (χ0) is 18.8. The number of rotatable bonds is 4. The van der Waals surface area contributed by atoms with E-state index in [0.717, 1.165) is 32.7 Å². The molecule has 6 heteroatoms. The van der Waals surface area contributed by atoms with Crippen LogP contribution in [0.1, 0.15) is 12.0 Å². The molecule has 2 aromatic carbocycles. The Labute approximate surface area is 161 Å². The minimum atomic E-state index is -0.118. The number of hydrogen-bond donors (Lipinski definition) is 1. The van der Waals surface area contributed by atoms with E-state index < -0.39 is 0 Å². The van der Waals surface area contributed by atoms with Gasteiger partial charge < -0.3 is 10.2 Å². The molecule has 0 saturated heterocycles.